The van der Waals surface area contributed by atoms with Crippen LogP contribution in [0.25, 0.3) is 0 Å². The SMILES string of the molecule is C=C/C(C)=N\c1c(C)nc(N)nc1C#N. The van der Waals surface area contributed by atoms with Crippen molar-refractivity contribution in [2.75, 3.05) is 5.73 Å². The number of hydrogen-bond donors (Lipinski definition) is 1. The summed E-state index contributed by atoms with van der Waals surface area (Å²) in [6.45, 7) is 7.09. The van der Waals surface area contributed by atoms with Gasteiger partial charge in [0.05, 0.1) is 5.69 Å². The number of aromatic nitrogens is 2. The highest BCUT2D eigenvalue weighted by Gasteiger charge is 2.08. The molecule has 1 heterocycles. The Labute approximate surface area is 88.0 Å². The number of anilines is 1. The Bertz CT molecular complexity index is 467. The van der Waals surface area contributed by atoms with Crippen LogP contribution in [0.3, 0.4) is 0 Å². The fourth-order valence-corrected chi connectivity index (χ4v) is 1.02. The van der Waals surface area contributed by atoms with Crippen LogP contribution in [0.2, 0.25) is 0 Å². The normalized spacial score (nSPS) is 10.9. The van der Waals surface area contributed by atoms with Gasteiger partial charge in [-0.3, -0.25) is 0 Å². The molecule has 0 aliphatic rings. The van der Waals surface area contributed by atoms with Gasteiger partial charge in [-0.05, 0) is 19.9 Å². The Morgan fingerprint density at radius 1 is 1.60 bits per heavy atom. The van der Waals surface area contributed by atoms with E-state index in [9.17, 15) is 0 Å². The van der Waals surface area contributed by atoms with Gasteiger partial charge in [0, 0.05) is 5.71 Å². The largest absolute Gasteiger partial charge is 0.368 e. The Balaban J connectivity index is 3.41. The lowest BCUT2D eigenvalue weighted by Gasteiger charge is -2.03. The lowest BCUT2D eigenvalue weighted by Crippen LogP contribution is -2.00. The van der Waals surface area contributed by atoms with E-state index in [0.29, 0.717) is 17.1 Å². The highest BCUT2D eigenvalue weighted by molar-refractivity contribution is 5.94. The average molecular weight is 201 g/mol. The van der Waals surface area contributed by atoms with Crippen LogP contribution in [0.1, 0.15) is 18.3 Å². The maximum atomic E-state index is 8.86. The van der Waals surface area contributed by atoms with Gasteiger partial charge in [0.25, 0.3) is 0 Å². The van der Waals surface area contributed by atoms with Crippen molar-refractivity contribution >= 4 is 17.3 Å². The molecule has 0 saturated heterocycles. The molecule has 1 aromatic rings. The lowest BCUT2D eigenvalue weighted by molar-refractivity contribution is 1.09. The predicted molar refractivity (Wildman–Crippen MR) is 58.9 cm³/mol. The maximum absolute atomic E-state index is 8.86. The van der Waals surface area contributed by atoms with Gasteiger partial charge in [0.1, 0.15) is 11.8 Å². The number of nitriles is 1. The topological polar surface area (TPSA) is 87.9 Å². The van der Waals surface area contributed by atoms with Crippen molar-refractivity contribution in [2.45, 2.75) is 13.8 Å². The second kappa shape index (κ2) is 4.33. The molecule has 0 spiro atoms. The zero-order valence-corrected chi connectivity index (χ0v) is 8.65. The van der Waals surface area contributed by atoms with Crippen LogP contribution in [0, 0.1) is 18.3 Å². The molecule has 0 aliphatic heterocycles. The summed E-state index contributed by atoms with van der Waals surface area (Å²) in [6.07, 6.45) is 1.59. The molecule has 1 rings (SSSR count). The number of aryl methyl sites for hydroxylation is 1. The first-order valence-corrected chi connectivity index (χ1v) is 4.30. The van der Waals surface area contributed by atoms with Crippen LogP contribution in [0.4, 0.5) is 11.6 Å². The van der Waals surface area contributed by atoms with Crippen LogP contribution in [-0.4, -0.2) is 15.7 Å². The van der Waals surface area contributed by atoms with E-state index < -0.39 is 0 Å². The number of allylic oxidation sites excluding steroid dienone is 1. The highest BCUT2D eigenvalue weighted by atomic mass is 15.0. The molecule has 0 aliphatic carbocycles. The van der Waals surface area contributed by atoms with Gasteiger partial charge < -0.3 is 5.73 Å². The van der Waals surface area contributed by atoms with Crippen LogP contribution in [-0.2, 0) is 0 Å². The third-order valence-electron chi connectivity index (χ3n) is 1.77. The summed E-state index contributed by atoms with van der Waals surface area (Å²) in [6, 6.07) is 1.93. The monoisotopic (exact) mass is 201 g/mol. The fraction of sp³-hybridized carbons (Fsp3) is 0.200. The summed E-state index contributed by atoms with van der Waals surface area (Å²) in [7, 11) is 0. The predicted octanol–water partition coefficient (Wildman–Crippen LogP) is 1.52. The van der Waals surface area contributed by atoms with Crippen molar-refractivity contribution in [1.29, 1.82) is 5.26 Å². The van der Waals surface area contributed by atoms with Crippen LogP contribution >= 0.6 is 0 Å². The van der Waals surface area contributed by atoms with Crippen molar-refractivity contribution in [1.82, 2.24) is 9.97 Å². The average Bonchev–Trinajstić information content (AvgIpc) is 2.21. The molecule has 5 heteroatoms. The van der Waals surface area contributed by atoms with Crippen molar-refractivity contribution < 1.29 is 0 Å². The van der Waals surface area contributed by atoms with E-state index in [-0.39, 0.29) is 11.6 Å². The van der Waals surface area contributed by atoms with Gasteiger partial charge in [-0.25, -0.2) is 9.98 Å². The summed E-state index contributed by atoms with van der Waals surface area (Å²) in [5.41, 5.74) is 7.34. The molecule has 0 unspecified atom stereocenters. The molecule has 0 aromatic carbocycles. The van der Waals surface area contributed by atoms with E-state index in [1.54, 1.807) is 19.9 Å². The molecule has 0 amide bonds. The second-order valence-corrected chi connectivity index (χ2v) is 2.93. The maximum Gasteiger partial charge on any atom is 0.221 e. The smallest absolute Gasteiger partial charge is 0.221 e. The Morgan fingerprint density at radius 2 is 2.27 bits per heavy atom. The van der Waals surface area contributed by atoms with E-state index in [0.717, 1.165) is 0 Å². The summed E-state index contributed by atoms with van der Waals surface area (Å²) in [5.74, 6) is 0.0826. The lowest BCUT2D eigenvalue weighted by atomic mass is 10.2. The molecule has 0 saturated carbocycles. The van der Waals surface area contributed by atoms with Crippen molar-refractivity contribution in [3.63, 3.8) is 0 Å². The molecule has 1 aromatic heterocycles. The van der Waals surface area contributed by atoms with Gasteiger partial charge in [-0.2, -0.15) is 10.2 Å². The Kier molecular flexibility index (Phi) is 3.13. The first kappa shape index (κ1) is 10.9. The van der Waals surface area contributed by atoms with Gasteiger partial charge in [-0.15, -0.1) is 0 Å². The molecule has 5 nitrogen and oxygen atoms in total. The van der Waals surface area contributed by atoms with Crippen LogP contribution < -0.4 is 5.73 Å². The summed E-state index contributed by atoms with van der Waals surface area (Å²) in [4.78, 5) is 11.9. The number of aliphatic imine (C=N–C) groups is 1. The molecule has 15 heavy (non-hydrogen) atoms. The van der Waals surface area contributed by atoms with E-state index in [1.165, 1.54) is 0 Å². The molecule has 0 bridgehead atoms. The van der Waals surface area contributed by atoms with E-state index >= 15 is 0 Å². The molecule has 0 atom stereocenters. The van der Waals surface area contributed by atoms with E-state index in [4.69, 9.17) is 11.0 Å². The Morgan fingerprint density at radius 3 is 2.80 bits per heavy atom. The molecular weight excluding hydrogens is 190 g/mol. The van der Waals surface area contributed by atoms with E-state index in [2.05, 4.69) is 21.5 Å². The van der Waals surface area contributed by atoms with E-state index in [1.807, 2.05) is 6.07 Å². The molecule has 0 radical (unpaired) electrons. The Hall–Kier alpha value is -2.22. The van der Waals surface area contributed by atoms with Gasteiger partial charge in [0.15, 0.2) is 5.69 Å². The van der Waals surface area contributed by atoms with Gasteiger partial charge >= 0.3 is 0 Å². The summed E-state index contributed by atoms with van der Waals surface area (Å²) in [5, 5.41) is 8.86. The molecule has 0 fully saturated rings. The zero-order chi connectivity index (χ0) is 11.4. The summed E-state index contributed by atoms with van der Waals surface area (Å²) >= 11 is 0. The quantitative estimate of drug-likeness (QED) is 0.734. The minimum Gasteiger partial charge on any atom is -0.368 e. The van der Waals surface area contributed by atoms with Crippen LogP contribution in [0.15, 0.2) is 17.6 Å². The molecular formula is C10H11N5. The standard InChI is InChI=1S/C10H11N5/c1-4-6(2)13-9-7(3)14-10(12)15-8(9)5-11/h4H,1H2,2-3H3,(H2,12,14,15)/b13-6-. The number of nitrogens with two attached hydrogens (primary N) is 1. The second-order valence-electron chi connectivity index (χ2n) is 2.93. The minimum atomic E-state index is 0.0826. The molecule has 2 N–H and O–H groups in total. The molecule has 76 valence electrons. The van der Waals surface area contributed by atoms with Crippen molar-refractivity contribution in [2.24, 2.45) is 4.99 Å². The third kappa shape index (κ3) is 2.38. The zero-order valence-electron chi connectivity index (χ0n) is 8.65. The minimum absolute atomic E-state index is 0.0826. The summed E-state index contributed by atoms with van der Waals surface area (Å²) < 4.78 is 0. The number of nitrogens with zero attached hydrogens (tertiary/aromatic N) is 4. The van der Waals surface area contributed by atoms with Crippen molar-refractivity contribution in [3.8, 4) is 6.07 Å². The number of nitrogen functional groups attached to an aromatic ring is 1. The first-order chi connectivity index (χ1) is 7.08. The number of hydrogen-bond acceptors (Lipinski definition) is 5. The van der Waals surface area contributed by atoms with Gasteiger partial charge in [-0.1, -0.05) is 6.58 Å². The number of rotatable bonds is 2. The first-order valence-electron chi connectivity index (χ1n) is 4.30. The van der Waals surface area contributed by atoms with Crippen molar-refractivity contribution in [3.05, 3.63) is 24.0 Å². The third-order valence-corrected chi connectivity index (χ3v) is 1.77. The highest BCUT2D eigenvalue weighted by Crippen LogP contribution is 2.21. The van der Waals surface area contributed by atoms with Gasteiger partial charge in [0.2, 0.25) is 5.95 Å². The fourth-order valence-electron chi connectivity index (χ4n) is 1.02. The van der Waals surface area contributed by atoms with Crippen LogP contribution in [0.5, 0.6) is 0 Å².